The first-order valence-corrected chi connectivity index (χ1v) is 7.03. The van der Waals surface area contributed by atoms with E-state index in [4.69, 9.17) is 10.8 Å². The van der Waals surface area contributed by atoms with Gasteiger partial charge in [0.15, 0.2) is 0 Å². The van der Waals surface area contributed by atoms with E-state index in [2.05, 4.69) is 15.3 Å². The first kappa shape index (κ1) is 15.7. The second-order valence-corrected chi connectivity index (χ2v) is 5.83. The van der Waals surface area contributed by atoms with Gasteiger partial charge in [-0.3, -0.25) is 10.1 Å². The number of nitrogens with two attached hydrogens (primary N) is 1. The van der Waals surface area contributed by atoms with E-state index in [1.807, 2.05) is 0 Å². The first-order chi connectivity index (χ1) is 9.95. The molecule has 10 nitrogen and oxygen atoms in total. The van der Waals surface area contributed by atoms with Crippen LogP contribution in [0.5, 0.6) is 0 Å². The third kappa shape index (κ3) is 3.15. The van der Waals surface area contributed by atoms with Gasteiger partial charge >= 0.3 is 5.69 Å². The molecule has 4 atom stereocenters. The summed E-state index contributed by atoms with van der Waals surface area (Å²) in [7, 11) is 0. The molecule has 0 radical (unpaired) electrons. The molecular formula is C10H15N5O5S. The third-order valence-corrected chi connectivity index (χ3v) is 4.64. The molecule has 1 aromatic heterocycles. The van der Waals surface area contributed by atoms with E-state index in [0.717, 1.165) is 6.33 Å². The van der Waals surface area contributed by atoms with Crippen LogP contribution < -0.4 is 11.1 Å². The van der Waals surface area contributed by atoms with Gasteiger partial charge in [-0.05, 0) is 6.42 Å². The van der Waals surface area contributed by atoms with Gasteiger partial charge in [-0.2, -0.15) is 0 Å². The van der Waals surface area contributed by atoms with Crippen molar-refractivity contribution in [3.8, 4) is 0 Å². The minimum Gasteiger partial charge on any atom is -0.396 e. The molecule has 0 aromatic carbocycles. The fraction of sp³-hybridized carbons (Fsp3) is 0.600. The van der Waals surface area contributed by atoms with Crippen molar-refractivity contribution in [1.82, 2.24) is 9.97 Å². The predicted octanol–water partition coefficient (Wildman–Crippen LogP) is -1.08. The van der Waals surface area contributed by atoms with Gasteiger partial charge in [0.1, 0.15) is 17.8 Å². The van der Waals surface area contributed by atoms with Gasteiger partial charge in [0.2, 0.25) is 11.6 Å². The summed E-state index contributed by atoms with van der Waals surface area (Å²) in [6.07, 6.45) is -0.826. The Morgan fingerprint density at radius 3 is 2.76 bits per heavy atom. The molecule has 1 aromatic rings. The van der Waals surface area contributed by atoms with Crippen LogP contribution in [0, 0.1) is 10.1 Å². The van der Waals surface area contributed by atoms with E-state index in [1.165, 1.54) is 11.8 Å². The highest BCUT2D eigenvalue weighted by atomic mass is 32.2. The van der Waals surface area contributed by atoms with Crippen molar-refractivity contribution in [1.29, 1.82) is 0 Å². The molecule has 1 saturated heterocycles. The predicted molar refractivity (Wildman–Crippen MR) is 75.6 cm³/mol. The molecule has 116 valence electrons. The molecule has 2 rings (SSSR count). The number of anilines is 2. The first-order valence-electron chi connectivity index (χ1n) is 6.09. The van der Waals surface area contributed by atoms with Crippen LogP contribution in [0.25, 0.3) is 0 Å². The largest absolute Gasteiger partial charge is 0.396 e. The van der Waals surface area contributed by atoms with Crippen LogP contribution in [0.4, 0.5) is 17.3 Å². The zero-order valence-corrected chi connectivity index (χ0v) is 11.6. The number of aliphatic hydroxyl groups is 3. The minimum atomic E-state index is -1.15. The molecule has 1 fully saturated rings. The number of nitrogen functional groups attached to an aromatic ring is 1. The molecule has 2 heterocycles. The van der Waals surface area contributed by atoms with Gasteiger partial charge in [0.05, 0.1) is 11.0 Å². The lowest BCUT2D eigenvalue weighted by molar-refractivity contribution is -0.383. The Morgan fingerprint density at radius 2 is 2.14 bits per heavy atom. The number of nitrogens with zero attached hydrogens (tertiary/aromatic N) is 3. The maximum atomic E-state index is 11.0. The standard InChI is InChI=1S/C10H15N5O5S/c11-8-5(15(19)20)9(13-3-12-8)14-10-7(18)6(17)4(21-10)1-2-16/h3-4,6-7,10,16-18H,1-2H2,(H3,11,12,13,14)/t4-,6-,7-,10-/m1/s1. The SMILES string of the molecule is Nc1ncnc(N[C@@H]2S[C@H](CCO)[C@@H](O)[C@H]2O)c1[N+](=O)[O-]. The zero-order valence-electron chi connectivity index (χ0n) is 10.8. The Morgan fingerprint density at radius 1 is 1.43 bits per heavy atom. The van der Waals surface area contributed by atoms with Crippen molar-refractivity contribution in [2.45, 2.75) is 29.3 Å². The molecule has 0 spiro atoms. The van der Waals surface area contributed by atoms with E-state index in [9.17, 15) is 20.3 Å². The van der Waals surface area contributed by atoms with Crippen molar-refractivity contribution in [3.63, 3.8) is 0 Å². The van der Waals surface area contributed by atoms with Crippen LogP contribution in [0.2, 0.25) is 0 Å². The summed E-state index contributed by atoms with van der Waals surface area (Å²) in [5, 5.41) is 41.3. The zero-order chi connectivity index (χ0) is 15.6. The van der Waals surface area contributed by atoms with E-state index >= 15 is 0 Å². The van der Waals surface area contributed by atoms with Crippen LogP contribution in [-0.4, -0.2) is 59.6 Å². The molecule has 21 heavy (non-hydrogen) atoms. The number of aromatic nitrogens is 2. The monoisotopic (exact) mass is 317 g/mol. The van der Waals surface area contributed by atoms with Crippen molar-refractivity contribution in [3.05, 3.63) is 16.4 Å². The highest BCUT2D eigenvalue weighted by molar-refractivity contribution is 8.01. The van der Waals surface area contributed by atoms with Crippen molar-refractivity contribution >= 4 is 29.1 Å². The molecule has 6 N–H and O–H groups in total. The van der Waals surface area contributed by atoms with Crippen molar-refractivity contribution in [2.24, 2.45) is 0 Å². The number of nitrogens with one attached hydrogen (secondary N) is 1. The highest BCUT2D eigenvalue weighted by Gasteiger charge is 2.42. The number of hydrogen-bond donors (Lipinski definition) is 5. The Hall–Kier alpha value is -1.69. The number of hydrogen-bond acceptors (Lipinski definition) is 10. The Bertz CT molecular complexity index is 533. The molecular weight excluding hydrogens is 302 g/mol. The molecule has 11 heteroatoms. The summed E-state index contributed by atoms with van der Waals surface area (Å²) < 4.78 is 0. The molecule has 0 amide bonds. The van der Waals surface area contributed by atoms with E-state index in [-0.39, 0.29) is 23.5 Å². The quantitative estimate of drug-likeness (QED) is 0.333. The van der Waals surface area contributed by atoms with E-state index in [0.29, 0.717) is 6.42 Å². The average Bonchev–Trinajstić information content (AvgIpc) is 2.67. The lowest BCUT2D eigenvalue weighted by atomic mass is 10.1. The smallest absolute Gasteiger partial charge is 0.353 e. The fourth-order valence-corrected chi connectivity index (χ4v) is 3.49. The fourth-order valence-electron chi connectivity index (χ4n) is 2.05. The van der Waals surface area contributed by atoms with Crippen LogP contribution in [0.3, 0.4) is 0 Å². The van der Waals surface area contributed by atoms with Gasteiger partial charge in [-0.25, -0.2) is 9.97 Å². The van der Waals surface area contributed by atoms with E-state index < -0.39 is 28.2 Å². The summed E-state index contributed by atoms with van der Waals surface area (Å²) in [6.45, 7) is -0.130. The van der Waals surface area contributed by atoms with Gasteiger partial charge in [0, 0.05) is 11.9 Å². The van der Waals surface area contributed by atoms with Crippen LogP contribution in [-0.2, 0) is 0 Å². The van der Waals surface area contributed by atoms with E-state index in [1.54, 1.807) is 0 Å². The van der Waals surface area contributed by atoms with Gasteiger partial charge in [-0.1, -0.05) is 0 Å². The summed E-state index contributed by atoms with van der Waals surface area (Å²) in [5.74, 6) is -0.414. The molecule has 1 aliphatic rings. The number of rotatable bonds is 5. The maximum Gasteiger partial charge on any atom is 0.353 e. The van der Waals surface area contributed by atoms with Crippen molar-refractivity contribution in [2.75, 3.05) is 17.7 Å². The average molecular weight is 317 g/mol. The highest BCUT2D eigenvalue weighted by Crippen LogP contribution is 2.38. The Kier molecular flexibility index (Phi) is 4.77. The number of thioether (sulfide) groups is 1. The maximum absolute atomic E-state index is 11.0. The summed E-state index contributed by atoms with van der Waals surface area (Å²) in [5.41, 5.74) is 4.97. The third-order valence-electron chi connectivity index (χ3n) is 3.09. The van der Waals surface area contributed by atoms with Crippen molar-refractivity contribution < 1.29 is 20.2 Å². The van der Waals surface area contributed by atoms with Crippen LogP contribution in [0.15, 0.2) is 6.33 Å². The second-order valence-electron chi connectivity index (χ2n) is 4.45. The van der Waals surface area contributed by atoms with Gasteiger partial charge in [-0.15, -0.1) is 11.8 Å². The molecule has 0 saturated carbocycles. The molecule has 0 bridgehead atoms. The Labute approximate surface area is 123 Å². The summed E-state index contributed by atoms with van der Waals surface area (Å²) >= 11 is 1.18. The Balaban J connectivity index is 2.19. The second kappa shape index (κ2) is 6.39. The van der Waals surface area contributed by atoms with Crippen LogP contribution in [0.1, 0.15) is 6.42 Å². The molecule has 0 aliphatic carbocycles. The molecule has 1 aliphatic heterocycles. The van der Waals surface area contributed by atoms with Gasteiger partial charge in [0.25, 0.3) is 0 Å². The summed E-state index contributed by atoms with van der Waals surface area (Å²) in [6, 6.07) is 0. The lowest BCUT2D eigenvalue weighted by Crippen LogP contribution is -2.36. The normalized spacial score (nSPS) is 28.5. The lowest BCUT2D eigenvalue weighted by Gasteiger charge is -2.17. The topological polar surface area (TPSA) is 168 Å². The number of aliphatic hydroxyl groups excluding tert-OH is 3. The number of nitro groups is 1. The summed E-state index contributed by atoms with van der Waals surface area (Å²) in [4.78, 5) is 17.6. The van der Waals surface area contributed by atoms with Gasteiger partial charge < -0.3 is 26.4 Å². The van der Waals surface area contributed by atoms with Crippen LogP contribution >= 0.6 is 11.8 Å². The minimum absolute atomic E-state index is 0.124. The molecule has 0 unspecified atom stereocenters.